The van der Waals surface area contributed by atoms with E-state index in [4.69, 9.17) is 11.6 Å². The van der Waals surface area contributed by atoms with E-state index in [0.29, 0.717) is 48.6 Å². The van der Waals surface area contributed by atoms with E-state index in [-0.39, 0.29) is 27.4 Å². The minimum Gasteiger partial charge on any atom is -0.341 e. The molecule has 0 radical (unpaired) electrons. The van der Waals surface area contributed by atoms with Crippen molar-refractivity contribution in [1.82, 2.24) is 5.32 Å². The summed E-state index contributed by atoms with van der Waals surface area (Å²) in [6.07, 6.45) is -4.88. The van der Waals surface area contributed by atoms with Crippen LogP contribution in [0.5, 0.6) is 0 Å². The molecule has 0 aliphatic carbocycles. The number of halogens is 6. The van der Waals surface area contributed by atoms with Gasteiger partial charge in [0.25, 0.3) is 11.8 Å². The third-order valence-electron chi connectivity index (χ3n) is 6.86. The number of anilines is 3. The Labute approximate surface area is 222 Å². The minimum absolute atomic E-state index is 0.0665. The first-order valence-electron chi connectivity index (χ1n) is 11.7. The number of rotatable bonds is 3. The number of amides is 2. The molecule has 0 fully saturated rings. The third kappa shape index (κ3) is 3.97. The van der Waals surface area contributed by atoms with Gasteiger partial charge in [0.1, 0.15) is 11.6 Å². The third-order valence-corrected chi connectivity index (χ3v) is 7.20. The lowest BCUT2D eigenvalue weighted by Crippen LogP contribution is -2.32. The Hall–Kier alpha value is -4.19. The largest absolute Gasteiger partial charge is 0.416 e. The zero-order chi connectivity index (χ0) is 27.8. The molecule has 1 unspecified atom stereocenters. The Kier molecular flexibility index (Phi) is 5.58. The van der Waals surface area contributed by atoms with Crippen molar-refractivity contribution in [3.63, 3.8) is 0 Å². The van der Waals surface area contributed by atoms with Crippen LogP contribution in [0.15, 0.2) is 47.5 Å². The maximum Gasteiger partial charge on any atom is 0.416 e. The molecule has 0 spiro atoms. The van der Waals surface area contributed by atoms with Crippen LogP contribution >= 0.6 is 11.6 Å². The predicted molar refractivity (Wildman–Crippen MR) is 135 cm³/mol. The first-order valence-corrected chi connectivity index (χ1v) is 12.0. The van der Waals surface area contributed by atoms with Gasteiger partial charge in [-0.1, -0.05) is 11.6 Å². The summed E-state index contributed by atoms with van der Waals surface area (Å²) < 4.78 is 68.1. The Morgan fingerprint density at radius 2 is 1.90 bits per heavy atom. The Balaban J connectivity index is 1.53. The molecule has 3 aliphatic rings. The predicted octanol–water partition coefficient (Wildman–Crippen LogP) is 5.35. The molecule has 7 nitrogen and oxygen atoms in total. The van der Waals surface area contributed by atoms with Gasteiger partial charge in [-0.3, -0.25) is 14.6 Å². The number of carbonyl (C=O) groups is 2. The van der Waals surface area contributed by atoms with E-state index in [0.717, 1.165) is 12.1 Å². The highest BCUT2D eigenvalue weighted by molar-refractivity contribution is 6.31. The van der Waals surface area contributed by atoms with Crippen LogP contribution in [0.3, 0.4) is 0 Å². The maximum atomic E-state index is 14.2. The van der Waals surface area contributed by atoms with Crippen LogP contribution in [-0.4, -0.2) is 37.9 Å². The molecule has 3 heterocycles. The number of aliphatic imine (C=N–C) groups is 1. The van der Waals surface area contributed by atoms with Crippen LogP contribution in [0.2, 0.25) is 5.02 Å². The van der Waals surface area contributed by atoms with Crippen molar-refractivity contribution in [2.45, 2.75) is 12.2 Å². The summed E-state index contributed by atoms with van der Waals surface area (Å²) in [5, 5.41) is 5.48. The van der Waals surface area contributed by atoms with Crippen LogP contribution in [-0.2, 0) is 6.18 Å². The van der Waals surface area contributed by atoms with Crippen molar-refractivity contribution in [3.05, 3.63) is 86.9 Å². The van der Waals surface area contributed by atoms with Gasteiger partial charge in [0.05, 0.1) is 35.1 Å². The number of hydrogen-bond donors (Lipinski definition) is 2. The molecule has 1 atom stereocenters. The van der Waals surface area contributed by atoms with Crippen molar-refractivity contribution in [1.29, 1.82) is 0 Å². The van der Waals surface area contributed by atoms with Crippen LogP contribution < -0.4 is 20.4 Å². The topological polar surface area (TPSA) is 77.0 Å². The summed E-state index contributed by atoms with van der Waals surface area (Å²) >= 11 is 6.35. The van der Waals surface area contributed by atoms with Crippen LogP contribution in [0.4, 0.5) is 39.0 Å². The lowest BCUT2D eigenvalue weighted by Gasteiger charge is -2.21. The van der Waals surface area contributed by atoms with Crippen molar-refractivity contribution in [2.24, 2.45) is 4.99 Å². The van der Waals surface area contributed by atoms with E-state index < -0.39 is 46.8 Å². The Morgan fingerprint density at radius 1 is 1.13 bits per heavy atom. The van der Waals surface area contributed by atoms with Gasteiger partial charge in [-0.05, 0) is 42.5 Å². The van der Waals surface area contributed by atoms with E-state index in [1.807, 2.05) is 4.90 Å². The summed E-state index contributed by atoms with van der Waals surface area (Å²) in [6, 6.07) is 5.70. The Morgan fingerprint density at radius 3 is 2.64 bits per heavy atom. The molecular weight excluding hydrogens is 545 g/mol. The molecule has 200 valence electrons. The van der Waals surface area contributed by atoms with E-state index in [1.165, 1.54) is 6.07 Å². The van der Waals surface area contributed by atoms with Gasteiger partial charge >= 0.3 is 6.18 Å². The highest BCUT2D eigenvalue weighted by Gasteiger charge is 2.44. The van der Waals surface area contributed by atoms with Gasteiger partial charge in [0.2, 0.25) is 5.96 Å². The van der Waals surface area contributed by atoms with Crippen molar-refractivity contribution in [2.75, 3.05) is 35.3 Å². The summed E-state index contributed by atoms with van der Waals surface area (Å²) in [7, 11) is 1.72. The summed E-state index contributed by atoms with van der Waals surface area (Å²) in [5.74, 6) is -2.84. The van der Waals surface area contributed by atoms with Gasteiger partial charge < -0.3 is 20.4 Å². The zero-order valence-electron chi connectivity index (χ0n) is 20.0. The molecular formula is C26H17ClF5N5O2. The molecule has 6 rings (SSSR count). The molecule has 0 saturated carbocycles. The molecule has 0 aromatic heterocycles. The lowest BCUT2D eigenvalue weighted by atomic mass is 9.94. The molecule has 0 bridgehead atoms. The van der Waals surface area contributed by atoms with Crippen molar-refractivity contribution in [3.8, 4) is 0 Å². The second kappa shape index (κ2) is 8.67. The van der Waals surface area contributed by atoms with Crippen LogP contribution in [0, 0.1) is 11.6 Å². The first-order chi connectivity index (χ1) is 18.4. The van der Waals surface area contributed by atoms with E-state index in [1.54, 1.807) is 18.0 Å². The molecule has 3 aromatic rings. The van der Waals surface area contributed by atoms with Gasteiger partial charge in [-0.25, -0.2) is 8.78 Å². The highest BCUT2D eigenvalue weighted by Crippen LogP contribution is 2.50. The molecule has 3 aliphatic heterocycles. The second-order valence-electron chi connectivity index (χ2n) is 9.23. The number of carbonyl (C=O) groups excluding carboxylic acids is 2. The van der Waals surface area contributed by atoms with E-state index in [2.05, 4.69) is 15.6 Å². The number of hydrogen-bond acceptors (Lipinski definition) is 5. The number of guanidine groups is 1. The fourth-order valence-corrected chi connectivity index (χ4v) is 5.45. The summed E-state index contributed by atoms with van der Waals surface area (Å²) in [4.78, 5) is 34.6. The summed E-state index contributed by atoms with van der Waals surface area (Å²) in [6.45, 7) is 0.994. The standard InChI is InChI=1S/C26H17ClF5N5O2/c1-36-22-18(37-5-4-33-25(36)37)10-17(34-23(38)11-6-12(26(30,31)32)8-14(29)7-11)19-20(22)24(39)35-21(19)15-9-13(28)2-3-16(15)27/h2-3,6-10,21H,4-5H2,1H3,(H,34,38)(H,35,39). The second-order valence-corrected chi connectivity index (χ2v) is 9.63. The lowest BCUT2D eigenvalue weighted by molar-refractivity contribution is -0.137. The molecule has 39 heavy (non-hydrogen) atoms. The zero-order valence-corrected chi connectivity index (χ0v) is 20.7. The van der Waals surface area contributed by atoms with Gasteiger partial charge in [0, 0.05) is 41.0 Å². The molecule has 2 N–H and O–H groups in total. The molecule has 0 saturated heterocycles. The average Bonchev–Trinajstić information content (AvgIpc) is 3.55. The molecule has 2 amide bonds. The van der Waals surface area contributed by atoms with Gasteiger partial charge in [-0.15, -0.1) is 0 Å². The van der Waals surface area contributed by atoms with Gasteiger partial charge in [0.15, 0.2) is 0 Å². The van der Waals surface area contributed by atoms with Crippen LogP contribution in [0.25, 0.3) is 0 Å². The van der Waals surface area contributed by atoms with E-state index in [9.17, 15) is 31.5 Å². The number of alkyl halides is 3. The number of benzene rings is 3. The summed E-state index contributed by atoms with van der Waals surface area (Å²) in [5.41, 5.74) is -0.177. The smallest absolute Gasteiger partial charge is 0.341 e. The van der Waals surface area contributed by atoms with Gasteiger partial charge in [-0.2, -0.15) is 13.2 Å². The van der Waals surface area contributed by atoms with Crippen molar-refractivity contribution < 1.29 is 31.5 Å². The number of fused-ring (bicyclic) bond motifs is 5. The maximum absolute atomic E-state index is 14.2. The average molecular weight is 562 g/mol. The van der Waals surface area contributed by atoms with E-state index >= 15 is 0 Å². The number of nitrogens with zero attached hydrogens (tertiary/aromatic N) is 3. The molecule has 13 heteroatoms. The Bertz CT molecular complexity index is 1620. The fraction of sp³-hybridized carbons (Fsp3) is 0.192. The quantitative estimate of drug-likeness (QED) is 0.423. The fourth-order valence-electron chi connectivity index (χ4n) is 5.23. The highest BCUT2D eigenvalue weighted by atomic mass is 35.5. The van der Waals surface area contributed by atoms with Crippen molar-refractivity contribution >= 4 is 46.4 Å². The minimum atomic E-state index is -4.88. The van der Waals surface area contributed by atoms with Crippen LogP contribution in [0.1, 0.15) is 43.4 Å². The first kappa shape index (κ1) is 25.1. The normalized spacial score (nSPS) is 17.6. The SMILES string of the molecule is CN1C2=NCCN2c2cc(NC(=O)c3cc(F)cc(C(F)(F)F)c3)c3c(c21)C(=O)NC3c1cc(F)ccc1Cl. The monoisotopic (exact) mass is 561 g/mol. The molecule has 3 aromatic carbocycles. The number of nitrogens with one attached hydrogen (secondary N) is 2.